The van der Waals surface area contributed by atoms with Crippen LogP contribution < -0.4 is 0 Å². The van der Waals surface area contributed by atoms with E-state index in [-0.39, 0.29) is 11.3 Å². The standard InChI is InChI=1S/C17H19Cl2N/c18-15-7-4-8-16(19)17(15)14-9-10-20(12-14)11-13-5-2-1-3-6-13/h1-8,14-15,17H,9-12H2. The highest BCUT2D eigenvalue weighted by Crippen LogP contribution is 2.38. The van der Waals surface area contributed by atoms with Gasteiger partial charge in [0.15, 0.2) is 0 Å². The normalized spacial score (nSPS) is 30.5. The number of rotatable bonds is 3. The Labute approximate surface area is 130 Å². The molecule has 3 atom stereocenters. The third kappa shape index (κ3) is 3.11. The van der Waals surface area contributed by atoms with E-state index in [0.29, 0.717) is 5.92 Å². The minimum absolute atomic E-state index is 0.0363. The predicted molar refractivity (Wildman–Crippen MR) is 86.0 cm³/mol. The summed E-state index contributed by atoms with van der Waals surface area (Å²) in [5, 5.41) is 0.952. The van der Waals surface area contributed by atoms with Gasteiger partial charge in [-0.25, -0.2) is 0 Å². The third-order valence-electron chi connectivity index (χ3n) is 4.28. The van der Waals surface area contributed by atoms with Gasteiger partial charge in [0.1, 0.15) is 0 Å². The molecule has 1 saturated heterocycles. The van der Waals surface area contributed by atoms with Gasteiger partial charge in [-0.05, 0) is 30.5 Å². The Kier molecular flexibility index (Phi) is 4.50. The second-order valence-corrected chi connectivity index (χ2v) is 6.62. The van der Waals surface area contributed by atoms with Crippen molar-refractivity contribution in [1.82, 2.24) is 4.90 Å². The Hall–Kier alpha value is -0.760. The summed E-state index contributed by atoms with van der Waals surface area (Å²) in [6, 6.07) is 10.6. The average molecular weight is 308 g/mol. The molecule has 1 heterocycles. The molecule has 106 valence electrons. The van der Waals surface area contributed by atoms with Crippen LogP contribution in [0.5, 0.6) is 0 Å². The highest BCUT2D eigenvalue weighted by Gasteiger charge is 2.35. The van der Waals surface area contributed by atoms with Crippen LogP contribution in [-0.2, 0) is 6.54 Å². The van der Waals surface area contributed by atoms with E-state index < -0.39 is 0 Å². The molecule has 0 radical (unpaired) electrons. The van der Waals surface area contributed by atoms with Gasteiger partial charge in [-0.3, -0.25) is 4.90 Å². The summed E-state index contributed by atoms with van der Waals surface area (Å²) >= 11 is 12.8. The lowest BCUT2D eigenvalue weighted by atomic mass is 9.86. The van der Waals surface area contributed by atoms with E-state index in [1.54, 1.807) is 0 Å². The largest absolute Gasteiger partial charge is 0.299 e. The topological polar surface area (TPSA) is 3.24 Å². The molecule has 0 bridgehead atoms. The third-order valence-corrected chi connectivity index (χ3v) is 5.07. The highest BCUT2D eigenvalue weighted by molar-refractivity contribution is 6.31. The van der Waals surface area contributed by atoms with Crippen molar-refractivity contribution >= 4 is 23.2 Å². The van der Waals surface area contributed by atoms with Crippen LogP contribution in [0, 0.1) is 11.8 Å². The van der Waals surface area contributed by atoms with E-state index in [4.69, 9.17) is 23.2 Å². The second-order valence-electron chi connectivity index (χ2n) is 5.68. The van der Waals surface area contributed by atoms with Crippen LogP contribution in [-0.4, -0.2) is 23.4 Å². The lowest BCUT2D eigenvalue weighted by molar-refractivity contribution is 0.299. The summed E-state index contributed by atoms with van der Waals surface area (Å²) in [5.74, 6) is 0.846. The molecule has 3 rings (SSSR count). The summed E-state index contributed by atoms with van der Waals surface area (Å²) in [6.07, 6.45) is 7.19. The molecule has 1 fully saturated rings. The SMILES string of the molecule is ClC1=CC=CC(Cl)C1C1CCN(Cc2ccccc2)C1. The first-order valence-electron chi connectivity index (χ1n) is 7.18. The van der Waals surface area contributed by atoms with E-state index in [1.807, 2.05) is 12.2 Å². The van der Waals surface area contributed by atoms with Gasteiger partial charge in [0.05, 0.1) is 5.38 Å². The van der Waals surface area contributed by atoms with E-state index >= 15 is 0 Å². The number of hydrogen-bond donors (Lipinski definition) is 0. The quantitative estimate of drug-likeness (QED) is 0.747. The van der Waals surface area contributed by atoms with Crippen LogP contribution in [0.1, 0.15) is 12.0 Å². The fourth-order valence-corrected chi connectivity index (χ4v) is 4.14. The number of alkyl halides is 1. The zero-order chi connectivity index (χ0) is 13.9. The molecule has 1 aromatic carbocycles. The Morgan fingerprint density at radius 2 is 2.00 bits per heavy atom. The summed E-state index contributed by atoms with van der Waals surface area (Å²) in [7, 11) is 0. The first-order chi connectivity index (χ1) is 9.74. The molecular weight excluding hydrogens is 289 g/mol. The van der Waals surface area contributed by atoms with Crippen LogP contribution in [0.4, 0.5) is 0 Å². The minimum Gasteiger partial charge on any atom is -0.299 e. The van der Waals surface area contributed by atoms with E-state index in [1.165, 1.54) is 12.0 Å². The predicted octanol–water partition coefficient (Wildman–Crippen LogP) is 4.42. The van der Waals surface area contributed by atoms with Crippen molar-refractivity contribution in [1.29, 1.82) is 0 Å². The van der Waals surface area contributed by atoms with Gasteiger partial charge in [0, 0.05) is 24.0 Å². The molecule has 3 unspecified atom stereocenters. The lowest BCUT2D eigenvalue weighted by Crippen LogP contribution is -2.28. The number of allylic oxidation sites excluding steroid dienone is 4. The molecule has 1 aliphatic carbocycles. The fraction of sp³-hybridized carbons (Fsp3) is 0.412. The number of halogens is 2. The van der Waals surface area contributed by atoms with Gasteiger partial charge in [0.25, 0.3) is 0 Å². The molecule has 0 amide bonds. The molecule has 1 nitrogen and oxygen atoms in total. The average Bonchev–Trinajstić information content (AvgIpc) is 2.88. The van der Waals surface area contributed by atoms with Gasteiger partial charge in [0.2, 0.25) is 0 Å². The number of hydrogen-bond acceptors (Lipinski definition) is 1. The van der Waals surface area contributed by atoms with Crippen LogP contribution in [0.3, 0.4) is 0 Å². The van der Waals surface area contributed by atoms with Gasteiger partial charge in [-0.2, -0.15) is 0 Å². The summed E-state index contributed by atoms with van der Waals surface area (Å²) in [6.45, 7) is 3.24. The van der Waals surface area contributed by atoms with E-state index in [9.17, 15) is 0 Å². The molecule has 1 aliphatic heterocycles. The first kappa shape index (κ1) is 14.2. The Balaban J connectivity index is 1.62. The van der Waals surface area contributed by atoms with Crippen LogP contribution >= 0.6 is 23.2 Å². The highest BCUT2D eigenvalue weighted by atomic mass is 35.5. The Morgan fingerprint density at radius 3 is 2.75 bits per heavy atom. The minimum atomic E-state index is 0.0363. The van der Waals surface area contributed by atoms with Crippen molar-refractivity contribution in [2.24, 2.45) is 11.8 Å². The number of likely N-dealkylation sites (tertiary alicyclic amines) is 1. The van der Waals surface area contributed by atoms with Crippen molar-refractivity contribution in [3.63, 3.8) is 0 Å². The molecule has 3 heteroatoms. The molecular formula is C17H19Cl2N. The maximum absolute atomic E-state index is 6.43. The molecule has 0 N–H and O–H groups in total. The van der Waals surface area contributed by atoms with Crippen molar-refractivity contribution in [2.45, 2.75) is 18.3 Å². The van der Waals surface area contributed by atoms with Gasteiger partial charge < -0.3 is 0 Å². The lowest BCUT2D eigenvalue weighted by Gasteiger charge is -2.28. The second kappa shape index (κ2) is 6.34. The Bertz CT molecular complexity index is 509. The molecule has 1 aromatic rings. The zero-order valence-electron chi connectivity index (χ0n) is 11.4. The van der Waals surface area contributed by atoms with Crippen molar-refractivity contribution in [2.75, 3.05) is 13.1 Å². The van der Waals surface area contributed by atoms with Gasteiger partial charge in [-0.1, -0.05) is 54.1 Å². The van der Waals surface area contributed by atoms with Crippen molar-refractivity contribution in [3.8, 4) is 0 Å². The molecule has 0 spiro atoms. The summed E-state index contributed by atoms with van der Waals surface area (Å²) in [5.41, 5.74) is 1.38. The first-order valence-corrected chi connectivity index (χ1v) is 8.00. The maximum atomic E-state index is 6.43. The van der Waals surface area contributed by atoms with Crippen molar-refractivity contribution < 1.29 is 0 Å². The summed E-state index contributed by atoms with van der Waals surface area (Å²) in [4.78, 5) is 2.51. The molecule has 0 aromatic heterocycles. The summed E-state index contributed by atoms with van der Waals surface area (Å²) < 4.78 is 0. The van der Waals surface area contributed by atoms with E-state index in [2.05, 4.69) is 41.3 Å². The van der Waals surface area contributed by atoms with Crippen LogP contribution in [0.15, 0.2) is 53.6 Å². The van der Waals surface area contributed by atoms with E-state index in [0.717, 1.165) is 24.7 Å². The number of nitrogens with zero attached hydrogens (tertiary/aromatic N) is 1. The Morgan fingerprint density at radius 1 is 1.20 bits per heavy atom. The molecule has 20 heavy (non-hydrogen) atoms. The van der Waals surface area contributed by atoms with Crippen molar-refractivity contribution in [3.05, 3.63) is 59.2 Å². The molecule has 2 aliphatic rings. The number of benzene rings is 1. The van der Waals surface area contributed by atoms with Crippen LogP contribution in [0.25, 0.3) is 0 Å². The fourth-order valence-electron chi connectivity index (χ4n) is 3.26. The van der Waals surface area contributed by atoms with Crippen LogP contribution in [0.2, 0.25) is 0 Å². The zero-order valence-corrected chi connectivity index (χ0v) is 12.9. The maximum Gasteiger partial charge on any atom is 0.0599 e. The van der Waals surface area contributed by atoms with Gasteiger partial charge >= 0.3 is 0 Å². The molecule has 0 saturated carbocycles. The van der Waals surface area contributed by atoms with Gasteiger partial charge in [-0.15, -0.1) is 11.6 Å². The monoisotopic (exact) mass is 307 g/mol. The smallest absolute Gasteiger partial charge is 0.0599 e.